The molecule has 5 rings (SSSR count). The van der Waals surface area contributed by atoms with Crippen molar-refractivity contribution < 1.29 is 23.5 Å². The highest BCUT2D eigenvalue weighted by atomic mass is 16.6. The number of hydrogen-bond donors (Lipinski definition) is 0. The summed E-state index contributed by atoms with van der Waals surface area (Å²) in [6.45, 7) is 1.40. The van der Waals surface area contributed by atoms with Crippen LogP contribution in [0.4, 0.5) is 0 Å². The molecule has 2 aromatic carbocycles. The maximum absolute atomic E-state index is 13.1. The Balaban J connectivity index is 1.29. The van der Waals surface area contributed by atoms with E-state index in [1.807, 2.05) is 53.4 Å². The van der Waals surface area contributed by atoms with Gasteiger partial charge in [0.1, 0.15) is 12.4 Å². The van der Waals surface area contributed by atoms with Crippen molar-refractivity contribution in [2.75, 3.05) is 26.8 Å². The van der Waals surface area contributed by atoms with E-state index < -0.39 is 6.10 Å². The molecule has 2 atom stereocenters. The minimum Gasteiger partial charge on any atom is -0.496 e. The van der Waals surface area contributed by atoms with Gasteiger partial charge < -0.3 is 23.6 Å². The second-order valence-electron chi connectivity index (χ2n) is 7.65. The standard InChI is InChI=1S/C23H23N3O5/c1-28-17-9-3-2-8-16(17)22-24-21(25-31-22)15-7-6-12-26(13-15)23(27)20-14-29-18-10-4-5-11-19(18)30-20/h2-5,8-11,15,20H,6-7,12-14H2,1H3/t15-,20+/m0/s1. The van der Waals surface area contributed by atoms with Crippen LogP contribution in [0.5, 0.6) is 17.2 Å². The molecule has 0 spiro atoms. The predicted molar refractivity (Wildman–Crippen MR) is 111 cm³/mol. The van der Waals surface area contributed by atoms with Gasteiger partial charge in [0, 0.05) is 19.0 Å². The molecule has 0 saturated carbocycles. The molecule has 8 heteroatoms. The molecule has 160 valence electrons. The molecule has 2 aliphatic heterocycles. The number of hydrogen-bond acceptors (Lipinski definition) is 7. The summed E-state index contributed by atoms with van der Waals surface area (Å²) in [6, 6.07) is 14.9. The van der Waals surface area contributed by atoms with Crippen LogP contribution in [-0.2, 0) is 4.79 Å². The van der Waals surface area contributed by atoms with Crippen molar-refractivity contribution in [1.82, 2.24) is 15.0 Å². The smallest absolute Gasteiger partial charge is 0.267 e. The Hall–Kier alpha value is -3.55. The Morgan fingerprint density at radius 3 is 2.81 bits per heavy atom. The number of carbonyl (C=O) groups excluding carboxylic acids is 1. The molecule has 0 aliphatic carbocycles. The minimum absolute atomic E-state index is 0.00158. The zero-order chi connectivity index (χ0) is 21.2. The van der Waals surface area contributed by atoms with E-state index in [9.17, 15) is 4.79 Å². The lowest BCUT2D eigenvalue weighted by Crippen LogP contribution is -2.49. The van der Waals surface area contributed by atoms with Crippen molar-refractivity contribution in [2.24, 2.45) is 0 Å². The van der Waals surface area contributed by atoms with Crippen LogP contribution in [0, 0.1) is 0 Å². The van der Waals surface area contributed by atoms with Crippen molar-refractivity contribution in [3.63, 3.8) is 0 Å². The SMILES string of the molecule is COc1ccccc1-c1nc([C@H]2CCCN(C(=O)[C@H]3COc4ccccc4O3)C2)no1. The Morgan fingerprint density at radius 2 is 1.94 bits per heavy atom. The molecule has 1 fully saturated rings. The van der Waals surface area contributed by atoms with Crippen molar-refractivity contribution in [3.8, 4) is 28.7 Å². The largest absolute Gasteiger partial charge is 0.496 e. The van der Waals surface area contributed by atoms with Crippen molar-refractivity contribution >= 4 is 5.91 Å². The maximum atomic E-state index is 13.1. The van der Waals surface area contributed by atoms with E-state index in [0.29, 0.717) is 42.1 Å². The predicted octanol–water partition coefficient (Wildman–Crippen LogP) is 3.29. The number of aromatic nitrogens is 2. The van der Waals surface area contributed by atoms with Crippen molar-refractivity contribution in [1.29, 1.82) is 0 Å². The normalized spacial score (nSPS) is 20.4. The first-order valence-electron chi connectivity index (χ1n) is 10.4. The lowest BCUT2D eigenvalue weighted by molar-refractivity contribution is -0.142. The molecule has 1 amide bonds. The number of methoxy groups -OCH3 is 1. The van der Waals surface area contributed by atoms with Crippen LogP contribution in [0.15, 0.2) is 53.1 Å². The molecular weight excluding hydrogens is 398 g/mol. The summed E-state index contributed by atoms with van der Waals surface area (Å²) in [7, 11) is 1.61. The van der Waals surface area contributed by atoms with E-state index >= 15 is 0 Å². The number of benzene rings is 2. The number of likely N-dealkylation sites (tertiary alicyclic amines) is 1. The Morgan fingerprint density at radius 1 is 1.13 bits per heavy atom. The van der Waals surface area contributed by atoms with Crippen LogP contribution in [0.1, 0.15) is 24.6 Å². The number of amides is 1. The van der Waals surface area contributed by atoms with Crippen LogP contribution >= 0.6 is 0 Å². The lowest BCUT2D eigenvalue weighted by atomic mass is 9.97. The van der Waals surface area contributed by atoms with Crippen LogP contribution in [0.2, 0.25) is 0 Å². The van der Waals surface area contributed by atoms with Crippen molar-refractivity contribution in [2.45, 2.75) is 24.9 Å². The molecule has 2 aliphatic rings. The van der Waals surface area contributed by atoms with Crippen LogP contribution in [-0.4, -0.2) is 53.9 Å². The highest BCUT2D eigenvalue weighted by molar-refractivity contribution is 5.82. The number of rotatable bonds is 4. The second-order valence-corrected chi connectivity index (χ2v) is 7.65. The second kappa shape index (κ2) is 8.29. The number of nitrogens with zero attached hydrogens (tertiary/aromatic N) is 3. The third-order valence-corrected chi connectivity index (χ3v) is 5.66. The molecule has 1 saturated heterocycles. The van der Waals surface area contributed by atoms with E-state index in [1.165, 1.54) is 0 Å². The van der Waals surface area contributed by atoms with Crippen LogP contribution in [0.3, 0.4) is 0 Å². The average molecular weight is 421 g/mol. The monoisotopic (exact) mass is 421 g/mol. The first kappa shape index (κ1) is 19.4. The van der Waals surface area contributed by atoms with Gasteiger partial charge in [-0.3, -0.25) is 4.79 Å². The number of para-hydroxylation sites is 3. The molecule has 3 heterocycles. The number of carbonyl (C=O) groups is 1. The summed E-state index contributed by atoms with van der Waals surface area (Å²) >= 11 is 0. The van der Waals surface area contributed by atoms with E-state index in [1.54, 1.807) is 7.11 Å². The Bertz CT molecular complexity index is 1080. The molecular formula is C23H23N3O5. The summed E-state index contributed by atoms with van der Waals surface area (Å²) in [4.78, 5) is 19.5. The maximum Gasteiger partial charge on any atom is 0.267 e. The zero-order valence-electron chi connectivity index (χ0n) is 17.2. The first-order valence-corrected chi connectivity index (χ1v) is 10.4. The van der Waals surface area contributed by atoms with E-state index in [2.05, 4.69) is 10.1 Å². The highest BCUT2D eigenvalue weighted by Gasteiger charge is 2.35. The van der Waals surface area contributed by atoms with Gasteiger partial charge in [-0.25, -0.2) is 0 Å². The topological polar surface area (TPSA) is 86.9 Å². The summed E-state index contributed by atoms with van der Waals surface area (Å²) in [5.74, 6) is 2.88. The average Bonchev–Trinajstić information content (AvgIpc) is 3.33. The third kappa shape index (κ3) is 3.81. The van der Waals surface area contributed by atoms with Gasteiger partial charge in [0.05, 0.1) is 12.7 Å². The fourth-order valence-corrected chi connectivity index (χ4v) is 4.06. The lowest BCUT2D eigenvalue weighted by Gasteiger charge is -2.35. The van der Waals surface area contributed by atoms with E-state index in [0.717, 1.165) is 18.4 Å². The molecule has 0 radical (unpaired) electrons. The highest BCUT2D eigenvalue weighted by Crippen LogP contribution is 2.33. The first-order chi connectivity index (χ1) is 15.2. The van der Waals surface area contributed by atoms with Crippen molar-refractivity contribution in [3.05, 3.63) is 54.4 Å². The fourth-order valence-electron chi connectivity index (χ4n) is 4.06. The summed E-state index contributed by atoms with van der Waals surface area (Å²) < 4.78 is 22.5. The third-order valence-electron chi connectivity index (χ3n) is 5.66. The minimum atomic E-state index is -0.650. The van der Waals surface area contributed by atoms with Gasteiger partial charge in [-0.2, -0.15) is 4.98 Å². The zero-order valence-corrected chi connectivity index (χ0v) is 17.2. The quantitative estimate of drug-likeness (QED) is 0.639. The van der Waals surface area contributed by atoms with Gasteiger partial charge in [0.25, 0.3) is 11.8 Å². The number of ether oxygens (including phenoxy) is 3. The van der Waals surface area contributed by atoms with Gasteiger partial charge in [-0.15, -0.1) is 0 Å². The van der Waals surface area contributed by atoms with E-state index in [-0.39, 0.29) is 18.4 Å². The molecule has 1 aromatic heterocycles. The molecule has 0 N–H and O–H groups in total. The van der Waals surface area contributed by atoms with Gasteiger partial charge >= 0.3 is 0 Å². The summed E-state index contributed by atoms with van der Waals surface area (Å²) in [5, 5.41) is 4.19. The molecule has 0 unspecified atom stereocenters. The number of piperidine rings is 1. The van der Waals surface area contributed by atoms with E-state index in [4.69, 9.17) is 18.7 Å². The van der Waals surface area contributed by atoms with Gasteiger partial charge in [-0.05, 0) is 37.1 Å². The summed E-state index contributed by atoms with van der Waals surface area (Å²) in [6.07, 6.45) is 1.10. The summed E-state index contributed by atoms with van der Waals surface area (Å²) in [5.41, 5.74) is 0.749. The number of fused-ring (bicyclic) bond motifs is 1. The molecule has 8 nitrogen and oxygen atoms in total. The van der Waals surface area contributed by atoms with Gasteiger partial charge in [0.2, 0.25) is 6.10 Å². The Labute approximate surface area is 179 Å². The molecule has 3 aromatic rings. The van der Waals surface area contributed by atoms with Gasteiger partial charge in [0.15, 0.2) is 17.3 Å². The molecule has 0 bridgehead atoms. The van der Waals surface area contributed by atoms with Crippen LogP contribution in [0.25, 0.3) is 11.5 Å². The Kier molecular flexibility index (Phi) is 5.19. The van der Waals surface area contributed by atoms with Gasteiger partial charge in [-0.1, -0.05) is 29.4 Å². The van der Waals surface area contributed by atoms with Crippen LogP contribution < -0.4 is 14.2 Å². The fraction of sp³-hybridized carbons (Fsp3) is 0.348. The molecule has 31 heavy (non-hydrogen) atoms.